The molecule has 0 radical (unpaired) electrons. The van der Waals surface area contributed by atoms with E-state index >= 15 is 0 Å². The summed E-state index contributed by atoms with van der Waals surface area (Å²) in [7, 11) is 0. The van der Waals surface area contributed by atoms with Crippen molar-refractivity contribution in [3.05, 3.63) is 30.3 Å². The summed E-state index contributed by atoms with van der Waals surface area (Å²) in [6.07, 6.45) is 0.249. The maximum Gasteiger partial charge on any atom is 0.354 e. The lowest BCUT2D eigenvalue weighted by atomic mass is 10.2. The lowest BCUT2D eigenvalue weighted by Crippen LogP contribution is -2.20. The van der Waals surface area contributed by atoms with Crippen LogP contribution in [0.2, 0.25) is 0 Å². The molecule has 1 rings (SSSR count). The van der Waals surface area contributed by atoms with Gasteiger partial charge in [0.05, 0.1) is 25.3 Å². The normalized spacial score (nSPS) is 10.9. The van der Waals surface area contributed by atoms with Crippen LogP contribution >= 0.6 is 0 Å². The molecule has 0 aromatic heterocycles. The molecule has 0 amide bonds. The second kappa shape index (κ2) is 9.52. The number of rotatable bonds is 8. The summed E-state index contributed by atoms with van der Waals surface area (Å²) in [4.78, 5) is 23.1. The molecule has 0 heterocycles. The third-order valence-corrected chi connectivity index (χ3v) is 2.48. The second-order valence-corrected chi connectivity index (χ2v) is 4.06. The Morgan fingerprint density at radius 1 is 1.05 bits per heavy atom. The predicted octanol–water partition coefficient (Wildman–Crippen LogP) is 2.36. The summed E-state index contributed by atoms with van der Waals surface area (Å²) in [6, 6.07) is 9.21. The van der Waals surface area contributed by atoms with Crippen molar-refractivity contribution in [1.82, 2.24) is 0 Å². The number of carbonyl (C=O) groups is 2. The van der Waals surface area contributed by atoms with Gasteiger partial charge in [-0.1, -0.05) is 18.2 Å². The lowest BCUT2D eigenvalue weighted by molar-refractivity contribution is -0.142. The number of nitrogens with one attached hydrogen (secondary N) is 1. The Bertz CT molecular complexity index is 486. The minimum atomic E-state index is -0.537. The van der Waals surface area contributed by atoms with Crippen molar-refractivity contribution in [3.8, 4) is 0 Å². The fourth-order valence-corrected chi connectivity index (χ4v) is 1.52. The molecule has 1 N–H and O–H groups in total. The van der Waals surface area contributed by atoms with E-state index in [2.05, 4.69) is 10.5 Å². The van der Waals surface area contributed by atoms with Crippen LogP contribution in [-0.4, -0.2) is 30.9 Å². The van der Waals surface area contributed by atoms with Crippen molar-refractivity contribution < 1.29 is 19.1 Å². The van der Waals surface area contributed by atoms with Crippen molar-refractivity contribution in [1.29, 1.82) is 0 Å². The molecule has 0 bridgehead atoms. The molecular weight excluding hydrogens is 272 g/mol. The summed E-state index contributed by atoms with van der Waals surface area (Å²) < 4.78 is 9.75. The van der Waals surface area contributed by atoms with Gasteiger partial charge >= 0.3 is 11.9 Å². The molecule has 0 spiro atoms. The first-order chi connectivity index (χ1) is 10.2. The molecule has 6 nitrogen and oxygen atoms in total. The van der Waals surface area contributed by atoms with Crippen LogP contribution in [0.1, 0.15) is 26.7 Å². The van der Waals surface area contributed by atoms with Gasteiger partial charge in [-0.25, -0.2) is 4.79 Å². The third-order valence-electron chi connectivity index (χ3n) is 2.48. The molecule has 1 aromatic rings. The monoisotopic (exact) mass is 292 g/mol. The van der Waals surface area contributed by atoms with Crippen LogP contribution < -0.4 is 5.43 Å². The van der Waals surface area contributed by atoms with Gasteiger partial charge in [-0.15, -0.1) is 0 Å². The van der Waals surface area contributed by atoms with E-state index in [4.69, 9.17) is 9.47 Å². The highest BCUT2D eigenvalue weighted by atomic mass is 16.5. The van der Waals surface area contributed by atoms with E-state index in [1.807, 2.05) is 30.3 Å². The van der Waals surface area contributed by atoms with Gasteiger partial charge in [-0.05, 0) is 26.0 Å². The number of para-hydroxylation sites is 1. The molecule has 0 aliphatic heterocycles. The Labute approximate surface area is 124 Å². The highest BCUT2D eigenvalue weighted by molar-refractivity contribution is 6.36. The average Bonchev–Trinajstić information content (AvgIpc) is 2.48. The van der Waals surface area contributed by atoms with Crippen LogP contribution in [0.5, 0.6) is 0 Å². The summed E-state index contributed by atoms with van der Waals surface area (Å²) in [5, 5.41) is 4.03. The SMILES string of the molecule is CCOC(=O)CCC(=NNc1ccccc1)C(=O)OCC. The number of hydrogen-bond donors (Lipinski definition) is 1. The standard InChI is InChI=1S/C15H20N2O4/c1-3-20-14(18)11-10-13(15(19)21-4-2)17-16-12-8-6-5-7-9-12/h5-9,16H,3-4,10-11H2,1-2H3. The molecular formula is C15H20N2O4. The molecule has 0 saturated carbocycles. The van der Waals surface area contributed by atoms with Gasteiger partial charge in [0.2, 0.25) is 0 Å². The minimum absolute atomic E-state index is 0.0853. The Morgan fingerprint density at radius 2 is 1.71 bits per heavy atom. The summed E-state index contributed by atoms with van der Waals surface area (Å²) in [5.74, 6) is -0.903. The van der Waals surface area contributed by atoms with Crippen molar-refractivity contribution in [2.75, 3.05) is 18.6 Å². The summed E-state index contributed by atoms with van der Waals surface area (Å²) in [5.41, 5.74) is 3.68. The van der Waals surface area contributed by atoms with E-state index in [1.54, 1.807) is 13.8 Å². The first-order valence-corrected chi connectivity index (χ1v) is 6.87. The van der Waals surface area contributed by atoms with Gasteiger partial charge in [0.15, 0.2) is 0 Å². The minimum Gasteiger partial charge on any atom is -0.466 e. The summed E-state index contributed by atoms with van der Waals surface area (Å²) >= 11 is 0. The van der Waals surface area contributed by atoms with Crippen LogP contribution in [0.4, 0.5) is 5.69 Å². The van der Waals surface area contributed by atoms with Gasteiger partial charge in [-0.2, -0.15) is 5.10 Å². The van der Waals surface area contributed by atoms with Gasteiger partial charge in [-0.3, -0.25) is 10.2 Å². The van der Waals surface area contributed by atoms with Crippen LogP contribution in [0.3, 0.4) is 0 Å². The van der Waals surface area contributed by atoms with Crippen LogP contribution in [0, 0.1) is 0 Å². The van der Waals surface area contributed by atoms with Crippen LogP contribution in [0.25, 0.3) is 0 Å². The van der Waals surface area contributed by atoms with E-state index in [0.717, 1.165) is 5.69 Å². The molecule has 0 saturated heterocycles. The Balaban J connectivity index is 2.67. The van der Waals surface area contributed by atoms with E-state index in [9.17, 15) is 9.59 Å². The average molecular weight is 292 g/mol. The van der Waals surface area contributed by atoms with Crippen LogP contribution in [-0.2, 0) is 19.1 Å². The molecule has 0 unspecified atom stereocenters. The van der Waals surface area contributed by atoms with Gasteiger partial charge < -0.3 is 9.47 Å². The van der Waals surface area contributed by atoms with E-state index in [-0.39, 0.29) is 31.1 Å². The number of hydrogen-bond acceptors (Lipinski definition) is 6. The smallest absolute Gasteiger partial charge is 0.354 e. The van der Waals surface area contributed by atoms with Gasteiger partial charge in [0, 0.05) is 6.42 Å². The summed E-state index contributed by atoms with van der Waals surface area (Å²) in [6.45, 7) is 4.01. The number of nitrogens with zero attached hydrogens (tertiary/aromatic N) is 1. The Kier molecular flexibility index (Phi) is 7.56. The van der Waals surface area contributed by atoms with Crippen molar-refractivity contribution in [2.45, 2.75) is 26.7 Å². The maximum absolute atomic E-state index is 11.8. The van der Waals surface area contributed by atoms with Gasteiger partial charge in [0.25, 0.3) is 0 Å². The molecule has 21 heavy (non-hydrogen) atoms. The Morgan fingerprint density at radius 3 is 2.33 bits per heavy atom. The molecule has 0 atom stereocenters. The zero-order valence-corrected chi connectivity index (χ0v) is 12.3. The fraction of sp³-hybridized carbons (Fsp3) is 0.400. The molecule has 0 aliphatic rings. The highest BCUT2D eigenvalue weighted by Crippen LogP contribution is 2.06. The highest BCUT2D eigenvalue weighted by Gasteiger charge is 2.15. The molecule has 1 aromatic carbocycles. The molecule has 0 aliphatic carbocycles. The van der Waals surface area contributed by atoms with E-state index in [0.29, 0.717) is 6.61 Å². The topological polar surface area (TPSA) is 77.0 Å². The quantitative estimate of drug-likeness (QED) is 0.452. The third kappa shape index (κ3) is 6.56. The Hall–Kier alpha value is -2.37. The molecule has 6 heteroatoms. The van der Waals surface area contributed by atoms with E-state index in [1.165, 1.54) is 0 Å². The number of esters is 2. The van der Waals surface area contributed by atoms with Gasteiger partial charge in [0.1, 0.15) is 5.71 Å². The zero-order chi connectivity index (χ0) is 15.5. The number of benzene rings is 1. The number of ether oxygens (including phenoxy) is 2. The first-order valence-electron chi connectivity index (χ1n) is 6.87. The number of hydrazone groups is 1. The van der Waals surface area contributed by atoms with Crippen LogP contribution in [0.15, 0.2) is 35.4 Å². The number of carbonyl (C=O) groups excluding carboxylic acids is 2. The number of anilines is 1. The molecule has 0 fully saturated rings. The molecule has 114 valence electrons. The lowest BCUT2D eigenvalue weighted by Gasteiger charge is -2.07. The maximum atomic E-state index is 11.8. The van der Waals surface area contributed by atoms with Crippen molar-refractivity contribution in [2.24, 2.45) is 5.10 Å². The second-order valence-electron chi connectivity index (χ2n) is 4.06. The first kappa shape index (κ1) is 16.7. The largest absolute Gasteiger partial charge is 0.466 e. The predicted molar refractivity (Wildman–Crippen MR) is 80.0 cm³/mol. The zero-order valence-electron chi connectivity index (χ0n) is 12.3. The van der Waals surface area contributed by atoms with E-state index < -0.39 is 5.97 Å². The van der Waals surface area contributed by atoms with Crippen molar-refractivity contribution >= 4 is 23.3 Å². The fourth-order valence-electron chi connectivity index (χ4n) is 1.52. The van der Waals surface area contributed by atoms with Crippen molar-refractivity contribution in [3.63, 3.8) is 0 Å².